The lowest BCUT2D eigenvalue weighted by Crippen LogP contribution is -2.10. The van der Waals surface area contributed by atoms with Gasteiger partial charge in [-0.15, -0.1) is 10.2 Å². The third-order valence-corrected chi connectivity index (χ3v) is 1.84. The van der Waals surface area contributed by atoms with Gasteiger partial charge in [0.1, 0.15) is 12.4 Å². The van der Waals surface area contributed by atoms with Crippen molar-refractivity contribution in [3.05, 3.63) is 24.3 Å². The minimum absolute atomic E-state index is 0.507. The van der Waals surface area contributed by atoms with Crippen molar-refractivity contribution in [3.63, 3.8) is 0 Å². The summed E-state index contributed by atoms with van der Waals surface area (Å²) in [4.78, 5) is 0. The molecule has 1 heterocycles. The minimum Gasteiger partial charge on any atom is -0.492 e. The van der Waals surface area contributed by atoms with Gasteiger partial charge in [0, 0.05) is 12.1 Å². The molecule has 1 aromatic carbocycles. The fourth-order valence-electron chi connectivity index (χ4n) is 1.16. The average molecular weight is 205 g/mol. The second kappa shape index (κ2) is 4.52. The molecule has 0 saturated carbocycles. The lowest BCUT2D eigenvalue weighted by atomic mass is 10.2. The van der Waals surface area contributed by atoms with Gasteiger partial charge in [0.05, 0.1) is 0 Å². The Labute approximate surface area is 86.4 Å². The van der Waals surface area contributed by atoms with E-state index in [1.54, 1.807) is 0 Å². The number of aromatic nitrogens is 4. The molecule has 2 aromatic rings. The summed E-state index contributed by atoms with van der Waals surface area (Å²) in [5.41, 5.74) is 6.22. The first kappa shape index (κ1) is 9.60. The number of tetrazole rings is 1. The van der Waals surface area contributed by atoms with E-state index in [-0.39, 0.29) is 0 Å². The van der Waals surface area contributed by atoms with Gasteiger partial charge in [-0.25, -0.2) is 0 Å². The van der Waals surface area contributed by atoms with Crippen LogP contribution in [0.5, 0.6) is 5.75 Å². The lowest BCUT2D eigenvalue weighted by molar-refractivity contribution is 0.328. The highest BCUT2D eigenvalue weighted by molar-refractivity contribution is 5.54. The molecule has 0 aliphatic heterocycles. The number of rotatable bonds is 4. The summed E-state index contributed by atoms with van der Waals surface area (Å²) in [6.07, 6.45) is 0. The van der Waals surface area contributed by atoms with E-state index < -0.39 is 0 Å². The molecular weight excluding hydrogens is 194 g/mol. The molecule has 15 heavy (non-hydrogen) atoms. The van der Waals surface area contributed by atoms with E-state index in [0.29, 0.717) is 19.0 Å². The third kappa shape index (κ3) is 2.29. The maximum atomic E-state index is 5.34. The zero-order chi connectivity index (χ0) is 10.5. The fraction of sp³-hybridized carbons (Fsp3) is 0.222. The molecule has 1 aromatic heterocycles. The Morgan fingerprint density at radius 3 is 2.67 bits per heavy atom. The van der Waals surface area contributed by atoms with Crippen molar-refractivity contribution < 1.29 is 4.74 Å². The van der Waals surface area contributed by atoms with Crippen molar-refractivity contribution >= 4 is 0 Å². The summed E-state index contributed by atoms with van der Waals surface area (Å²) >= 11 is 0. The molecule has 0 unspecified atom stereocenters. The standard InChI is InChI=1S/C9H11N5O/c10-5-6-15-8-3-1-7(2-4-8)9-11-13-14-12-9/h1-4H,5-6,10H2,(H,11,12,13,14). The quantitative estimate of drug-likeness (QED) is 0.744. The van der Waals surface area contributed by atoms with Crippen molar-refractivity contribution in [1.82, 2.24) is 20.6 Å². The number of hydrogen-bond donors (Lipinski definition) is 2. The summed E-state index contributed by atoms with van der Waals surface area (Å²) in [6.45, 7) is 1.02. The van der Waals surface area contributed by atoms with Gasteiger partial charge in [-0.05, 0) is 29.5 Å². The zero-order valence-electron chi connectivity index (χ0n) is 8.05. The van der Waals surface area contributed by atoms with Crippen LogP contribution < -0.4 is 10.5 Å². The zero-order valence-corrected chi connectivity index (χ0v) is 8.05. The average Bonchev–Trinajstić information content (AvgIpc) is 2.80. The Morgan fingerprint density at radius 1 is 1.27 bits per heavy atom. The summed E-state index contributed by atoms with van der Waals surface area (Å²) in [5, 5.41) is 13.6. The monoisotopic (exact) mass is 205 g/mol. The topological polar surface area (TPSA) is 89.7 Å². The number of ether oxygens (including phenoxy) is 1. The van der Waals surface area contributed by atoms with Gasteiger partial charge in [0.2, 0.25) is 5.82 Å². The lowest BCUT2D eigenvalue weighted by Gasteiger charge is -2.03. The predicted octanol–water partition coefficient (Wildman–Crippen LogP) is 0.204. The normalized spacial score (nSPS) is 10.2. The first-order valence-corrected chi connectivity index (χ1v) is 4.57. The van der Waals surface area contributed by atoms with Gasteiger partial charge in [0.25, 0.3) is 0 Å². The molecular formula is C9H11N5O. The molecule has 2 rings (SSSR count). The van der Waals surface area contributed by atoms with Crippen molar-refractivity contribution in [1.29, 1.82) is 0 Å². The van der Waals surface area contributed by atoms with E-state index in [4.69, 9.17) is 10.5 Å². The van der Waals surface area contributed by atoms with Gasteiger partial charge in [-0.1, -0.05) is 0 Å². The fourth-order valence-corrected chi connectivity index (χ4v) is 1.16. The Kier molecular flexibility index (Phi) is 2.89. The minimum atomic E-state index is 0.507. The second-order valence-electron chi connectivity index (χ2n) is 2.90. The summed E-state index contributed by atoms with van der Waals surface area (Å²) in [7, 11) is 0. The predicted molar refractivity (Wildman–Crippen MR) is 54.2 cm³/mol. The number of benzene rings is 1. The van der Waals surface area contributed by atoms with Crippen LogP contribution in [0.15, 0.2) is 24.3 Å². The second-order valence-corrected chi connectivity index (χ2v) is 2.90. The number of hydrogen-bond acceptors (Lipinski definition) is 5. The molecule has 0 bridgehead atoms. The SMILES string of the molecule is NCCOc1ccc(-c2nn[nH]n2)cc1. The van der Waals surface area contributed by atoms with Gasteiger partial charge < -0.3 is 10.5 Å². The first-order valence-electron chi connectivity index (χ1n) is 4.57. The van der Waals surface area contributed by atoms with Gasteiger partial charge in [0.15, 0.2) is 0 Å². The molecule has 3 N–H and O–H groups in total. The Bertz CT molecular complexity index is 397. The van der Waals surface area contributed by atoms with Gasteiger partial charge in [-0.2, -0.15) is 5.21 Å². The van der Waals surface area contributed by atoms with Crippen LogP contribution in [0.4, 0.5) is 0 Å². The first-order chi connectivity index (χ1) is 7.40. The van der Waals surface area contributed by atoms with Crippen LogP contribution in [0.25, 0.3) is 11.4 Å². The molecule has 0 amide bonds. The van der Waals surface area contributed by atoms with Crippen molar-refractivity contribution in [2.75, 3.05) is 13.2 Å². The van der Waals surface area contributed by atoms with Crippen LogP contribution in [-0.2, 0) is 0 Å². The number of nitrogens with two attached hydrogens (primary N) is 1. The van der Waals surface area contributed by atoms with Crippen LogP contribution in [0.2, 0.25) is 0 Å². The summed E-state index contributed by atoms with van der Waals surface area (Å²) in [6, 6.07) is 7.44. The molecule has 6 nitrogen and oxygen atoms in total. The van der Waals surface area contributed by atoms with Gasteiger partial charge >= 0.3 is 0 Å². The molecule has 0 atom stereocenters. The van der Waals surface area contributed by atoms with E-state index >= 15 is 0 Å². The molecule has 0 spiro atoms. The summed E-state index contributed by atoms with van der Waals surface area (Å²) < 4.78 is 5.34. The van der Waals surface area contributed by atoms with Crippen LogP contribution in [0.1, 0.15) is 0 Å². The van der Waals surface area contributed by atoms with Crippen molar-refractivity contribution in [2.45, 2.75) is 0 Å². The van der Waals surface area contributed by atoms with Crippen LogP contribution in [-0.4, -0.2) is 33.8 Å². The summed E-state index contributed by atoms with van der Waals surface area (Å²) in [5.74, 6) is 1.35. The molecule has 0 fully saturated rings. The Balaban J connectivity index is 2.11. The van der Waals surface area contributed by atoms with E-state index in [1.807, 2.05) is 24.3 Å². The molecule has 0 saturated heterocycles. The van der Waals surface area contributed by atoms with E-state index in [2.05, 4.69) is 20.6 Å². The van der Waals surface area contributed by atoms with E-state index in [0.717, 1.165) is 11.3 Å². The number of nitrogens with one attached hydrogen (secondary N) is 1. The van der Waals surface area contributed by atoms with Crippen molar-refractivity contribution in [2.24, 2.45) is 5.73 Å². The van der Waals surface area contributed by atoms with E-state index in [1.165, 1.54) is 0 Å². The number of nitrogens with zero attached hydrogens (tertiary/aromatic N) is 3. The van der Waals surface area contributed by atoms with E-state index in [9.17, 15) is 0 Å². The van der Waals surface area contributed by atoms with Crippen LogP contribution >= 0.6 is 0 Å². The molecule has 6 heteroatoms. The molecule has 0 radical (unpaired) electrons. The molecule has 78 valence electrons. The number of H-pyrrole nitrogens is 1. The van der Waals surface area contributed by atoms with Crippen LogP contribution in [0.3, 0.4) is 0 Å². The maximum Gasteiger partial charge on any atom is 0.204 e. The maximum absolute atomic E-state index is 5.34. The number of aromatic amines is 1. The van der Waals surface area contributed by atoms with Gasteiger partial charge in [-0.3, -0.25) is 0 Å². The van der Waals surface area contributed by atoms with Crippen molar-refractivity contribution in [3.8, 4) is 17.1 Å². The van der Waals surface area contributed by atoms with Crippen LogP contribution in [0, 0.1) is 0 Å². The highest BCUT2D eigenvalue weighted by Gasteiger charge is 2.02. The highest BCUT2D eigenvalue weighted by atomic mass is 16.5. The molecule has 0 aliphatic carbocycles. The Hall–Kier alpha value is -1.95. The Morgan fingerprint density at radius 2 is 2.07 bits per heavy atom. The smallest absolute Gasteiger partial charge is 0.204 e. The molecule has 0 aliphatic rings. The highest BCUT2D eigenvalue weighted by Crippen LogP contribution is 2.17. The largest absolute Gasteiger partial charge is 0.492 e. The third-order valence-electron chi connectivity index (χ3n) is 1.84.